The lowest BCUT2D eigenvalue weighted by atomic mass is 9.98. The van der Waals surface area contributed by atoms with Gasteiger partial charge in [-0.05, 0) is 31.7 Å². The molecule has 0 bridgehead atoms. The minimum atomic E-state index is 0.0172. The fourth-order valence-electron chi connectivity index (χ4n) is 2.78. The largest absolute Gasteiger partial charge is 0.467 e. The van der Waals surface area contributed by atoms with Crippen molar-refractivity contribution in [3.05, 3.63) is 59.2 Å². The quantitative estimate of drug-likeness (QED) is 0.771. The zero-order chi connectivity index (χ0) is 14.1. The third-order valence-corrected chi connectivity index (χ3v) is 3.77. The van der Waals surface area contributed by atoms with E-state index in [9.17, 15) is 0 Å². The van der Waals surface area contributed by atoms with E-state index in [1.54, 1.807) is 6.26 Å². The van der Waals surface area contributed by atoms with E-state index in [4.69, 9.17) is 8.83 Å². The standard InChI is InChI=1S/C17H19NO2/c1-4-13-15(12-7-5-6-8-14(12)20-13)16(18-3)17-11(2)9-10-19-17/h5-10,16,18H,4H2,1-3H3. The highest BCUT2D eigenvalue weighted by molar-refractivity contribution is 5.83. The number of nitrogens with one attached hydrogen (secondary N) is 1. The molecule has 3 rings (SSSR count). The van der Waals surface area contributed by atoms with Crippen molar-refractivity contribution < 1.29 is 8.83 Å². The summed E-state index contributed by atoms with van der Waals surface area (Å²) in [5, 5.41) is 4.51. The van der Waals surface area contributed by atoms with Crippen LogP contribution in [0.5, 0.6) is 0 Å². The summed E-state index contributed by atoms with van der Waals surface area (Å²) in [6.45, 7) is 4.18. The maximum Gasteiger partial charge on any atom is 0.134 e. The van der Waals surface area contributed by atoms with Gasteiger partial charge in [0.05, 0.1) is 12.3 Å². The van der Waals surface area contributed by atoms with Crippen LogP contribution in [0.1, 0.15) is 35.6 Å². The molecule has 0 amide bonds. The molecule has 0 aliphatic heterocycles. The molecule has 0 fully saturated rings. The summed E-state index contributed by atoms with van der Waals surface area (Å²) < 4.78 is 11.7. The van der Waals surface area contributed by atoms with E-state index in [1.807, 2.05) is 31.3 Å². The normalized spacial score (nSPS) is 12.9. The molecule has 3 nitrogen and oxygen atoms in total. The van der Waals surface area contributed by atoms with Crippen LogP contribution in [0.15, 0.2) is 45.4 Å². The lowest BCUT2D eigenvalue weighted by molar-refractivity contribution is 0.453. The number of hydrogen-bond acceptors (Lipinski definition) is 3. The summed E-state index contributed by atoms with van der Waals surface area (Å²) in [5.74, 6) is 1.97. The van der Waals surface area contributed by atoms with Gasteiger partial charge in [0.1, 0.15) is 17.1 Å². The van der Waals surface area contributed by atoms with Crippen LogP contribution in [-0.2, 0) is 6.42 Å². The monoisotopic (exact) mass is 269 g/mol. The number of aryl methyl sites for hydroxylation is 2. The molecule has 20 heavy (non-hydrogen) atoms. The van der Waals surface area contributed by atoms with Crippen LogP contribution in [0.4, 0.5) is 0 Å². The Morgan fingerprint density at radius 3 is 2.65 bits per heavy atom. The van der Waals surface area contributed by atoms with Gasteiger partial charge in [-0.25, -0.2) is 0 Å². The second-order valence-electron chi connectivity index (χ2n) is 4.98. The van der Waals surface area contributed by atoms with Gasteiger partial charge in [-0.3, -0.25) is 0 Å². The van der Waals surface area contributed by atoms with Crippen molar-refractivity contribution in [2.24, 2.45) is 0 Å². The van der Waals surface area contributed by atoms with Crippen LogP contribution in [0.25, 0.3) is 11.0 Å². The topological polar surface area (TPSA) is 38.3 Å². The molecular formula is C17H19NO2. The van der Waals surface area contributed by atoms with Crippen molar-refractivity contribution >= 4 is 11.0 Å². The lowest BCUT2D eigenvalue weighted by Gasteiger charge is -2.15. The Bertz CT molecular complexity index is 724. The molecule has 0 saturated carbocycles. The summed E-state index contributed by atoms with van der Waals surface area (Å²) in [6, 6.07) is 10.2. The van der Waals surface area contributed by atoms with Crippen LogP contribution in [-0.4, -0.2) is 7.05 Å². The fraction of sp³-hybridized carbons (Fsp3) is 0.294. The number of fused-ring (bicyclic) bond motifs is 1. The Morgan fingerprint density at radius 1 is 1.20 bits per heavy atom. The molecule has 2 heterocycles. The highest BCUT2D eigenvalue weighted by Gasteiger charge is 2.25. The van der Waals surface area contributed by atoms with Crippen LogP contribution in [0.2, 0.25) is 0 Å². The van der Waals surface area contributed by atoms with Crippen molar-refractivity contribution in [3.8, 4) is 0 Å². The average molecular weight is 269 g/mol. The van der Waals surface area contributed by atoms with E-state index in [2.05, 4.69) is 25.2 Å². The number of rotatable bonds is 4. The molecule has 1 N–H and O–H groups in total. The SMILES string of the molecule is CCc1oc2ccccc2c1C(NC)c1occc1C. The highest BCUT2D eigenvalue weighted by Crippen LogP contribution is 2.35. The smallest absolute Gasteiger partial charge is 0.134 e. The maximum absolute atomic E-state index is 5.99. The van der Waals surface area contributed by atoms with Gasteiger partial charge in [-0.1, -0.05) is 25.1 Å². The summed E-state index contributed by atoms with van der Waals surface area (Å²) in [7, 11) is 1.95. The molecule has 2 aromatic heterocycles. The first kappa shape index (κ1) is 13.0. The second-order valence-corrected chi connectivity index (χ2v) is 4.98. The second kappa shape index (κ2) is 5.17. The van der Waals surface area contributed by atoms with E-state index in [0.717, 1.165) is 34.5 Å². The predicted molar refractivity (Wildman–Crippen MR) is 79.9 cm³/mol. The van der Waals surface area contributed by atoms with Gasteiger partial charge in [0.25, 0.3) is 0 Å². The third kappa shape index (κ3) is 1.95. The highest BCUT2D eigenvalue weighted by atomic mass is 16.3. The van der Waals surface area contributed by atoms with Gasteiger partial charge in [-0.15, -0.1) is 0 Å². The Morgan fingerprint density at radius 2 is 2.00 bits per heavy atom. The molecule has 0 spiro atoms. The van der Waals surface area contributed by atoms with Gasteiger partial charge in [0, 0.05) is 17.4 Å². The Hall–Kier alpha value is -2.00. The van der Waals surface area contributed by atoms with Gasteiger partial charge in [0.15, 0.2) is 0 Å². The number of para-hydroxylation sites is 1. The first-order chi connectivity index (χ1) is 9.76. The van der Waals surface area contributed by atoms with Crippen molar-refractivity contribution in [1.82, 2.24) is 5.32 Å². The number of benzene rings is 1. The summed E-state index contributed by atoms with van der Waals surface area (Å²) >= 11 is 0. The molecule has 3 heteroatoms. The van der Waals surface area contributed by atoms with Gasteiger partial charge >= 0.3 is 0 Å². The number of hydrogen-bond donors (Lipinski definition) is 1. The molecule has 1 unspecified atom stereocenters. The van der Waals surface area contributed by atoms with Gasteiger partial charge in [0.2, 0.25) is 0 Å². The van der Waals surface area contributed by atoms with E-state index < -0.39 is 0 Å². The van der Waals surface area contributed by atoms with E-state index in [0.29, 0.717) is 0 Å². The number of furan rings is 2. The summed E-state index contributed by atoms with van der Waals surface area (Å²) in [6.07, 6.45) is 2.60. The Labute approximate surface area is 118 Å². The molecule has 3 aromatic rings. The predicted octanol–water partition coefficient (Wildman–Crippen LogP) is 4.21. The fourth-order valence-corrected chi connectivity index (χ4v) is 2.78. The van der Waals surface area contributed by atoms with E-state index in [-0.39, 0.29) is 6.04 Å². The first-order valence-corrected chi connectivity index (χ1v) is 6.97. The van der Waals surface area contributed by atoms with Crippen molar-refractivity contribution in [2.45, 2.75) is 26.3 Å². The minimum Gasteiger partial charge on any atom is -0.467 e. The molecule has 0 aliphatic rings. The van der Waals surface area contributed by atoms with Crippen LogP contribution in [0.3, 0.4) is 0 Å². The molecule has 0 aliphatic carbocycles. The van der Waals surface area contributed by atoms with Crippen molar-refractivity contribution in [3.63, 3.8) is 0 Å². The molecular weight excluding hydrogens is 250 g/mol. The van der Waals surface area contributed by atoms with Gasteiger partial charge in [-0.2, -0.15) is 0 Å². The third-order valence-electron chi connectivity index (χ3n) is 3.77. The summed E-state index contributed by atoms with van der Waals surface area (Å²) in [4.78, 5) is 0. The minimum absolute atomic E-state index is 0.0172. The van der Waals surface area contributed by atoms with Gasteiger partial charge < -0.3 is 14.2 Å². The average Bonchev–Trinajstić information content (AvgIpc) is 3.05. The molecule has 1 aromatic carbocycles. The molecule has 1 atom stereocenters. The zero-order valence-electron chi connectivity index (χ0n) is 12.1. The van der Waals surface area contributed by atoms with E-state index in [1.165, 1.54) is 5.56 Å². The Balaban J connectivity index is 2.23. The van der Waals surface area contributed by atoms with Crippen molar-refractivity contribution in [2.75, 3.05) is 7.05 Å². The van der Waals surface area contributed by atoms with Crippen LogP contribution >= 0.6 is 0 Å². The zero-order valence-corrected chi connectivity index (χ0v) is 12.1. The van der Waals surface area contributed by atoms with E-state index >= 15 is 0 Å². The Kier molecular flexibility index (Phi) is 3.36. The van der Waals surface area contributed by atoms with Crippen molar-refractivity contribution in [1.29, 1.82) is 0 Å². The molecule has 0 radical (unpaired) electrons. The first-order valence-electron chi connectivity index (χ1n) is 6.97. The van der Waals surface area contributed by atoms with Crippen LogP contribution in [0, 0.1) is 6.92 Å². The lowest BCUT2D eigenvalue weighted by Crippen LogP contribution is -2.18. The maximum atomic E-state index is 5.99. The van der Waals surface area contributed by atoms with Crippen LogP contribution < -0.4 is 5.32 Å². The molecule has 0 saturated heterocycles. The summed E-state index contributed by atoms with van der Waals surface area (Å²) in [5.41, 5.74) is 3.27. The molecule has 104 valence electrons.